The third-order valence-corrected chi connectivity index (χ3v) is 6.94. The van der Waals surface area contributed by atoms with Crippen molar-refractivity contribution in [3.05, 3.63) is 35.9 Å². The van der Waals surface area contributed by atoms with Crippen LogP contribution in [0.25, 0.3) is 6.08 Å². The van der Waals surface area contributed by atoms with Crippen molar-refractivity contribution in [1.82, 2.24) is 0 Å². The normalized spacial score (nSPS) is 29.4. The van der Waals surface area contributed by atoms with Gasteiger partial charge in [-0.1, -0.05) is 12.1 Å². The van der Waals surface area contributed by atoms with Crippen LogP contribution < -0.4 is 0 Å². The minimum Gasteiger partial charge on any atom is -0.508 e. The zero-order valence-corrected chi connectivity index (χ0v) is 27.2. The van der Waals surface area contributed by atoms with Crippen LogP contribution in [-0.2, 0) is 71.4 Å². The van der Waals surface area contributed by atoms with E-state index in [0.29, 0.717) is 5.56 Å². The largest absolute Gasteiger partial charge is 0.508 e. The molecular formula is C31H38O18. The number of phenols is 1. The van der Waals surface area contributed by atoms with Gasteiger partial charge in [0, 0.05) is 40.7 Å². The molecule has 270 valence electrons. The topological polar surface area (TPSA) is 246 Å². The quantitative estimate of drug-likeness (QED) is 0.133. The fraction of sp³-hybridized carbons (Fsp3) is 0.548. The predicted octanol–water partition coefficient (Wildman–Crippen LogP) is -0.572. The van der Waals surface area contributed by atoms with Crippen molar-refractivity contribution in [1.29, 1.82) is 0 Å². The maximum atomic E-state index is 12.5. The van der Waals surface area contributed by atoms with Crippen molar-refractivity contribution < 1.29 is 86.7 Å². The van der Waals surface area contributed by atoms with Crippen LogP contribution in [0.15, 0.2) is 30.3 Å². The Morgan fingerprint density at radius 3 is 1.86 bits per heavy atom. The molecule has 9 atom stereocenters. The van der Waals surface area contributed by atoms with Gasteiger partial charge in [-0.05, 0) is 23.8 Å². The van der Waals surface area contributed by atoms with Gasteiger partial charge in [0.15, 0.2) is 30.7 Å². The Morgan fingerprint density at radius 2 is 1.29 bits per heavy atom. The van der Waals surface area contributed by atoms with E-state index < -0.39 is 110 Å². The monoisotopic (exact) mass is 698 g/mol. The number of phenolic OH excluding ortho intramolecular Hbond substituents is 1. The van der Waals surface area contributed by atoms with Gasteiger partial charge in [0.1, 0.15) is 43.9 Å². The maximum Gasteiger partial charge on any atom is 0.330 e. The van der Waals surface area contributed by atoms with Crippen molar-refractivity contribution in [2.75, 3.05) is 19.8 Å². The Balaban J connectivity index is 1.93. The molecule has 0 bridgehead atoms. The van der Waals surface area contributed by atoms with Gasteiger partial charge in [0.05, 0.1) is 0 Å². The lowest BCUT2D eigenvalue weighted by atomic mass is 9.98. The van der Waals surface area contributed by atoms with Gasteiger partial charge in [-0.2, -0.15) is 0 Å². The number of benzene rings is 1. The number of aliphatic hydroxyl groups is 2. The maximum absolute atomic E-state index is 12.5. The number of hydrogen-bond acceptors (Lipinski definition) is 18. The lowest BCUT2D eigenvalue weighted by Gasteiger charge is -2.45. The molecule has 18 nitrogen and oxygen atoms in total. The van der Waals surface area contributed by atoms with Crippen molar-refractivity contribution in [2.24, 2.45) is 0 Å². The first-order valence-corrected chi connectivity index (χ1v) is 14.8. The molecule has 2 aliphatic heterocycles. The minimum atomic E-state index is -2.50. The zero-order valence-electron chi connectivity index (χ0n) is 27.2. The molecule has 3 rings (SSSR count). The molecule has 0 amide bonds. The fourth-order valence-electron chi connectivity index (χ4n) is 4.90. The van der Waals surface area contributed by atoms with E-state index in [1.54, 1.807) is 0 Å². The highest BCUT2D eigenvalue weighted by atomic mass is 16.8. The highest BCUT2D eigenvalue weighted by Crippen LogP contribution is 2.39. The van der Waals surface area contributed by atoms with Crippen LogP contribution >= 0.6 is 0 Å². The number of hydrogen-bond donors (Lipinski definition) is 3. The van der Waals surface area contributed by atoms with Crippen LogP contribution in [0.2, 0.25) is 0 Å². The summed E-state index contributed by atoms with van der Waals surface area (Å²) in [4.78, 5) is 71.9. The second-order valence-corrected chi connectivity index (χ2v) is 10.9. The van der Waals surface area contributed by atoms with E-state index in [1.165, 1.54) is 30.3 Å². The molecule has 2 heterocycles. The summed E-state index contributed by atoms with van der Waals surface area (Å²) in [7, 11) is 0. The van der Waals surface area contributed by atoms with E-state index in [-0.39, 0.29) is 5.75 Å². The lowest BCUT2D eigenvalue weighted by molar-refractivity contribution is -0.384. The SMILES string of the molecule is CC(=O)OCC1OC(OC2(COC(C)=O)OC(COC(=O)C=Cc3ccc(O)cc3)C(OC(C)=O)C2O)C(O)C(OC(C)=O)C1OC(C)=O. The molecule has 1 aromatic carbocycles. The van der Waals surface area contributed by atoms with E-state index in [0.717, 1.165) is 40.7 Å². The average Bonchev–Trinajstić information content (AvgIpc) is 3.26. The summed E-state index contributed by atoms with van der Waals surface area (Å²) in [5.41, 5.74) is 0.551. The number of esters is 6. The summed E-state index contributed by atoms with van der Waals surface area (Å²) in [6.07, 6.45) is -11.2. The molecule has 2 fully saturated rings. The molecule has 1 aromatic rings. The zero-order chi connectivity index (χ0) is 36.5. The third-order valence-electron chi connectivity index (χ3n) is 6.94. The molecule has 0 saturated carbocycles. The van der Waals surface area contributed by atoms with Crippen molar-refractivity contribution in [3.63, 3.8) is 0 Å². The molecule has 0 aromatic heterocycles. The smallest absolute Gasteiger partial charge is 0.330 e. The van der Waals surface area contributed by atoms with Crippen LogP contribution in [0.3, 0.4) is 0 Å². The Bertz CT molecular complexity index is 1390. The van der Waals surface area contributed by atoms with Gasteiger partial charge in [-0.15, -0.1) is 0 Å². The van der Waals surface area contributed by atoms with Crippen molar-refractivity contribution >= 4 is 41.9 Å². The van der Waals surface area contributed by atoms with Gasteiger partial charge in [0.25, 0.3) is 0 Å². The van der Waals surface area contributed by atoms with E-state index in [9.17, 15) is 44.1 Å². The summed E-state index contributed by atoms with van der Waals surface area (Å²) in [5, 5.41) is 32.1. The number of aliphatic hydroxyl groups excluding tert-OH is 2. The fourth-order valence-corrected chi connectivity index (χ4v) is 4.90. The molecule has 18 heteroatoms. The molecule has 2 aliphatic rings. The number of ether oxygens (including phenoxy) is 9. The highest BCUT2D eigenvalue weighted by Gasteiger charge is 2.62. The summed E-state index contributed by atoms with van der Waals surface area (Å²) in [6.45, 7) is 3.03. The standard InChI is InChI=1S/C31H38O18/c1-15(32)41-12-22-26(44-17(3)34)28(46-19(5)36)25(39)30(47-22)49-31(14-43-16(2)33)29(40)27(45-18(4)35)23(48-31)13-42-24(38)11-8-20-6-9-21(37)10-7-20/h6-11,22-23,25-30,37,39-40H,12-14H2,1-5H3. The van der Waals surface area contributed by atoms with Gasteiger partial charge >= 0.3 is 35.8 Å². The van der Waals surface area contributed by atoms with Crippen molar-refractivity contribution in [3.8, 4) is 5.75 Å². The number of carbonyl (C=O) groups excluding carboxylic acids is 6. The second-order valence-electron chi connectivity index (χ2n) is 10.9. The van der Waals surface area contributed by atoms with Gasteiger partial charge in [-0.25, -0.2) is 4.79 Å². The average molecular weight is 699 g/mol. The van der Waals surface area contributed by atoms with Crippen LogP contribution in [-0.4, -0.2) is 126 Å². The first-order valence-electron chi connectivity index (χ1n) is 14.8. The Hall–Kier alpha value is -4.62. The summed E-state index contributed by atoms with van der Waals surface area (Å²) in [5.74, 6) is -7.69. The van der Waals surface area contributed by atoms with Crippen LogP contribution in [0, 0.1) is 0 Å². The first kappa shape index (κ1) is 38.8. The molecule has 0 aliphatic carbocycles. The second kappa shape index (κ2) is 17.2. The van der Waals surface area contributed by atoms with Gasteiger partial charge in [-0.3, -0.25) is 24.0 Å². The van der Waals surface area contributed by atoms with E-state index in [2.05, 4.69) is 0 Å². The molecule has 9 unspecified atom stereocenters. The summed E-state index contributed by atoms with van der Waals surface area (Å²) in [6, 6.07) is 5.88. The van der Waals surface area contributed by atoms with Gasteiger partial charge in [0.2, 0.25) is 5.79 Å². The Kier molecular flexibility index (Phi) is 13.6. The number of aromatic hydroxyl groups is 1. The van der Waals surface area contributed by atoms with Crippen LogP contribution in [0.1, 0.15) is 40.2 Å². The van der Waals surface area contributed by atoms with E-state index in [4.69, 9.17) is 42.6 Å². The minimum absolute atomic E-state index is 0.0183. The summed E-state index contributed by atoms with van der Waals surface area (Å²) >= 11 is 0. The molecule has 2 saturated heterocycles. The van der Waals surface area contributed by atoms with Crippen molar-refractivity contribution in [2.45, 2.75) is 89.4 Å². The molecule has 49 heavy (non-hydrogen) atoms. The Labute approximate surface area is 279 Å². The van der Waals surface area contributed by atoms with E-state index in [1.807, 2.05) is 0 Å². The lowest BCUT2D eigenvalue weighted by Crippen LogP contribution is -2.64. The number of carbonyl (C=O) groups is 6. The third kappa shape index (κ3) is 10.9. The molecule has 3 N–H and O–H groups in total. The highest BCUT2D eigenvalue weighted by molar-refractivity contribution is 5.87. The molecule has 0 spiro atoms. The predicted molar refractivity (Wildman–Crippen MR) is 157 cm³/mol. The molecular weight excluding hydrogens is 660 g/mol. The Morgan fingerprint density at radius 1 is 0.735 bits per heavy atom. The van der Waals surface area contributed by atoms with Gasteiger partial charge < -0.3 is 58.0 Å². The van der Waals surface area contributed by atoms with E-state index >= 15 is 0 Å². The summed E-state index contributed by atoms with van der Waals surface area (Å²) < 4.78 is 48.7. The molecule has 0 radical (unpaired) electrons. The van der Waals surface area contributed by atoms with Crippen LogP contribution in [0.5, 0.6) is 5.75 Å². The van der Waals surface area contributed by atoms with Crippen LogP contribution in [0.4, 0.5) is 0 Å². The number of rotatable bonds is 13. The first-order chi connectivity index (χ1) is 23.0.